The first-order chi connectivity index (χ1) is 4.17. The molecule has 1 aliphatic rings. The van der Waals surface area contributed by atoms with Gasteiger partial charge in [0, 0.05) is 0 Å². The van der Waals surface area contributed by atoms with Crippen molar-refractivity contribution >= 4 is 9.84 Å². The summed E-state index contributed by atoms with van der Waals surface area (Å²) in [4.78, 5) is 0. The molecule has 0 aromatic heterocycles. The molecule has 3 heteroatoms. The first-order valence-electron chi connectivity index (χ1n) is 3.17. The van der Waals surface area contributed by atoms with E-state index in [1.54, 1.807) is 0 Å². The molecule has 0 unspecified atom stereocenters. The summed E-state index contributed by atoms with van der Waals surface area (Å²) in [7, 11) is -2.70. The minimum Gasteiger partial charge on any atom is -0.229 e. The Balaban J connectivity index is 2.51. The molecule has 0 bridgehead atoms. The third kappa shape index (κ3) is 1.68. The van der Waals surface area contributed by atoms with E-state index in [1.165, 1.54) is 0 Å². The summed E-state index contributed by atoms with van der Waals surface area (Å²) in [5.41, 5.74) is 0. The van der Waals surface area contributed by atoms with Gasteiger partial charge in [0.2, 0.25) is 0 Å². The molecular weight excluding hydrogens is 136 g/mol. The van der Waals surface area contributed by atoms with Gasteiger partial charge in [-0.2, -0.15) is 0 Å². The lowest BCUT2D eigenvalue weighted by Gasteiger charge is -1.95. The Morgan fingerprint density at radius 2 is 2.00 bits per heavy atom. The fourth-order valence-corrected chi connectivity index (χ4v) is 2.39. The summed E-state index contributed by atoms with van der Waals surface area (Å²) in [6.07, 6.45) is 2.27. The maximum atomic E-state index is 11.0. The van der Waals surface area contributed by atoms with Crippen LogP contribution in [0.25, 0.3) is 0 Å². The van der Waals surface area contributed by atoms with E-state index in [0.29, 0.717) is 6.42 Å². The monoisotopic (exact) mass is 147 g/mol. The van der Waals surface area contributed by atoms with Crippen LogP contribution in [-0.4, -0.2) is 19.4 Å². The molecule has 53 valence electrons. The van der Waals surface area contributed by atoms with E-state index >= 15 is 0 Å². The molecule has 1 rings (SSSR count). The second-order valence-corrected chi connectivity index (χ2v) is 4.82. The molecule has 2 nitrogen and oxygen atoms in total. The summed E-state index contributed by atoms with van der Waals surface area (Å²) in [5.74, 6) is 0.275. The zero-order chi connectivity index (χ0) is 6.91. The molecule has 1 saturated carbocycles. The highest BCUT2D eigenvalue weighted by atomic mass is 32.2. The van der Waals surface area contributed by atoms with Gasteiger partial charge in [-0.05, 0) is 19.3 Å². The van der Waals surface area contributed by atoms with Gasteiger partial charge in [-0.15, -0.1) is 0 Å². The van der Waals surface area contributed by atoms with E-state index in [1.807, 2.05) is 0 Å². The smallest absolute Gasteiger partial charge is 0.153 e. The molecule has 1 radical (unpaired) electrons. The van der Waals surface area contributed by atoms with E-state index in [0.717, 1.165) is 12.8 Å². The predicted octanol–water partition coefficient (Wildman–Crippen LogP) is 0.788. The molecule has 0 spiro atoms. The minimum atomic E-state index is -2.70. The Labute approximate surface area is 56.2 Å². The average Bonchev–Trinajstić information content (AvgIpc) is 2.41. The van der Waals surface area contributed by atoms with Crippen molar-refractivity contribution < 1.29 is 8.42 Å². The van der Waals surface area contributed by atoms with Crippen molar-refractivity contribution in [2.75, 3.05) is 5.75 Å². The number of rotatable bonds is 3. The lowest BCUT2D eigenvalue weighted by molar-refractivity contribution is 0.594. The van der Waals surface area contributed by atoms with E-state index in [2.05, 4.69) is 6.92 Å². The Morgan fingerprint density at radius 1 is 1.44 bits per heavy atom. The number of hydrogen-bond donors (Lipinski definition) is 0. The van der Waals surface area contributed by atoms with Gasteiger partial charge in [0.05, 0.1) is 11.0 Å². The summed E-state index contributed by atoms with van der Waals surface area (Å²) in [6.45, 7) is 3.50. The summed E-state index contributed by atoms with van der Waals surface area (Å²) in [5, 5.41) is -0.000694. The van der Waals surface area contributed by atoms with Gasteiger partial charge in [-0.25, -0.2) is 8.42 Å². The molecule has 0 aliphatic heterocycles. The molecule has 0 atom stereocenters. The van der Waals surface area contributed by atoms with Crippen molar-refractivity contribution in [2.24, 2.45) is 0 Å². The van der Waals surface area contributed by atoms with E-state index in [4.69, 9.17) is 0 Å². The van der Waals surface area contributed by atoms with Gasteiger partial charge in [0.15, 0.2) is 9.84 Å². The maximum Gasteiger partial charge on any atom is 0.153 e. The zero-order valence-electron chi connectivity index (χ0n) is 5.34. The molecule has 0 N–H and O–H groups in total. The van der Waals surface area contributed by atoms with Crippen molar-refractivity contribution in [1.29, 1.82) is 0 Å². The highest BCUT2D eigenvalue weighted by molar-refractivity contribution is 7.92. The van der Waals surface area contributed by atoms with Crippen LogP contribution in [-0.2, 0) is 9.84 Å². The third-order valence-corrected chi connectivity index (χ3v) is 3.81. The van der Waals surface area contributed by atoms with Crippen LogP contribution in [0.1, 0.15) is 19.3 Å². The normalized spacial score (nSPS) is 20.1. The van der Waals surface area contributed by atoms with Gasteiger partial charge >= 0.3 is 0 Å². The maximum absolute atomic E-state index is 11.0. The number of sulfone groups is 1. The first kappa shape index (κ1) is 7.06. The quantitative estimate of drug-likeness (QED) is 0.591. The van der Waals surface area contributed by atoms with Crippen molar-refractivity contribution in [3.63, 3.8) is 0 Å². The predicted molar refractivity (Wildman–Crippen MR) is 36.8 cm³/mol. The summed E-state index contributed by atoms with van der Waals surface area (Å²) >= 11 is 0. The Hall–Kier alpha value is -0.0500. The van der Waals surface area contributed by atoms with Gasteiger partial charge in [-0.3, -0.25) is 0 Å². The van der Waals surface area contributed by atoms with Crippen molar-refractivity contribution in [3.05, 3.63) is 6.92 Å². The van der Waals surface area contributed by atoms with Crippen LogP contribution < -0.4 is 0 Å². The van der Waals surface area contributed by atoms with Crippen LogP contribution in [0.2, 0.25) is 0 Å². The Kier molecular flexibility index (Phi) is 1.80. The van der Waals surface area contributed by atoms with Crippen molar-refractivity contribution in [2.45, 2.75) is 24.5 Å². The molecule has 1 fully saturated rings. The van der Waals surface area contributed by atoms with Crippen molar-refractivity contribution in [1.82, 2.24) is 0 Å². The molecule has 0 heterocycles. The highest BCUT2D eigenvalue weighted by Crippen LogP contribution is 2.28. The van der Waals surface area contributed by atoms with Crippen LogP contribution in [0.15, 0.2) is 0 Å². The summed E-state index contributed by atoms with van der Waals surface area (Å²) in [6, 6.07) is 0. The lowest BCUT2D eigenvalue weighted by atomic mass is 10.6. The number of hydrogen-bond acceptors (Lipinski definition) is 2. The molecule has 1 aliphatic carbocycles. The van der Waals surface area contributed by atoms with Crippen LogP contribution in [0.3, 0.4) is 0 Å². The molecule has 0 saturated heterocycles. The summed E-state index contributed by atoms with van der Waals surface area (Å²) < 4.78 is 21.9. The second kappa shape index (κ2) is 2.29. The van der Waals surface area contributed by atoms with Crippen LogP contribution in [0, 0.1) is 6.92 Å². The topological polar surface area (TPSA) is 34.1 Å². The average molecular weight is 147 g/mol. The van der Waals surface area contributed by atoms with Crippen LogP contribution >= 0.6 is 0 Å². The van der Waals surface area contributed by atoms with E-state index in [9.17, 15) is 8.42 Å². The fourth-order valence-electron chi connectivity index (χ4n) is 0.795. The SMILES string of the molecule is [CH2]CCS(=O)(=O)C1CC1. The van der Waals surface area contributed by atoms with Gasteiger partial charge in [0.1, 0.15) is 0 Å². The van der Waals surface area contributed by atoms with Crippen molar-refractivity contribution in [3.8, 4) is 0 Å². The fraction of sp³-hybridized carbons (Fsp3) is 0.833. The van der Waals surface area contributed by atoms with Crippen LogP contribution in [0.4, 0.5) is 0 Å². The largest absolute Gasteiger partial charge is 0.229 e. The molecule has 9 heavy (non-hydrogen) atoms. The second-order valence-electron chi connectivity index (χ2n) is 2.42. The van der Waals surface area contributed by atoms with Crippen LogP contribution in [0.5, 0.6) is 0 Å². The van der Waals surface area contributed by atoms with Gasteiger partial charge in [-0.1, -0.05) is 6.92 Å². The van der Waals surface area contributed by atoms with Gasteiger partial charge < -0.3 is 0 Å². The lowest BCUT2D eigenvalue weighted by Crippen LogP contribution is -2.10. The Bertz CT molecular complexity index is 177. The standard InChI is InChI=1S/C6H11O2S/c1-2-5-9(7,8)6-3-4-6/h6H,1-5H2. The van der Waals surface area contributed by atoms with E-state index < -0.39 is 9.84 Å². The first-order valence-corrected chi connectivity index (χ1v) is 4.89. The highest BCUT2D eigenvalue weighted by Gasteiger charge is 2.34. The molecule has 0 aromatic rings. The molecule has 0 aromatic carbocycles. The molecular formula is C6H11O2S. The zero-order valence-corrected chi connectivity index (χ0v) is 6.15. The third-order valence-electron chi connectivity index (χ3n) is 1.46. The minimum absolute atomic E-state index is 0.000694. The van der Waals surface area contributed by atoms with E-state index in [-0.39, 0.29) is 11.0 Å². The van der Waals surface area contributed by atoms with Gasteiger partial charge in [0.25, 0.3) is 0 Å². The molecule has 0 amide bonds. The Morgan fingerprint density at radius 3 is 2.33 bits per heavy atom.